The van der Waals surface area contributed by atoms with Crippen LogP contribution in [0.15, 0.2) is 60.7 Å². The summed E-state index contributed by atoms with van der Waals surface area (Å²) in [7, 11) is 0. The van der Waals surface area contributed by atoms with E-state index in [9.17, 15) is 14.7 Å². The number of rotatable bonds is 6. The number of carboxylic acid groups (broad SMARTS) is 1. The molecule has 108 valence electrons. The van der Waals surface area contributed by atoms with E-state index >= 15 is 0 Å². The third kappa shape index (κ3) is 4.35. The first-order valence-corrected chi connectivity index (χ1v) is 6.42. The molecule has 21 heavy (non-hydrogen) atoms. The number of para-hydroxylation sites is 1. The Kier molecular flexibility index (Phi) is 4.93. The first kappa shape index (κ1) is 14.6. The van der Waals surface area contributed by atoms with Crippen LogP contribution in [-0.4, -0.2) is 23.6 Å². The van der Waals surface area contributed by atoms with E-state index in [1.165, 1.54) is 0 Å². The molecule has 5 heteroatoms. The van der Waals surface area contributed by atoms with Crippen molar-refractivity contribution < 1.29 is 19.4 Å². The third-order valence-corrected chi connectivity index (χ3v) is 2.80. The smallest absolute Gasteiger partial charge is 0.330 e. The lowest BCUT2D eigenvalue weighted by Crippen LogP contribution is -2.36. The third-order valence-electron chi connectivity index (χ3n) is 2.80. The Morgan fingerprint density at radius 3 is 2.14 bits per heavy atom. The van der Waals surface area contributed by atoms with E-state index in [0.717, 1.165) is 0 Å². The summed E-state index contributed by atoms with van der Waals surface area (Å²) in [6.45, 7) is -0.235. The molecule has 2 rings (SSSR count). The van der Waals surface area contributed by atoms with Gasteiger partial charge in [0.1, 0.15) is 5.75 Å². The van der Waals surface area contributed by atoms with E-state index in [1.54, 1.807) is 54.6 Å². The van der Waals surface area contributed by atoms with Gasteiger partial charge in [0.05, 0.1) is 0 Å². The fourth-order valence-corrected chi connectivity index (χ4v) is 1.80. The second kappa shape index (κ2) is 7.09. The normalized spacial score (nSPS) is 11.4. The minimum Gasteiger partial charge on any atom is -0.484 e. The molecule has 0 aliphatic carbocycles. The molecule has 0 bridgehead atoms. The highest BCUT2D eigenvalue weighted by molar-refractivity contribution is 5.85. The Bertz CT molecular complexity index is 598. The van der Waals surface area contributed by atoms with Crippen LogP contribution in [0.25, 0.3) is 0 Å². The molecule has 1 amide bonds. The lowest BCUT2D eigenvalue weighted by Gasteiger charge is -2.15. The fourth-order valence-electron chi connectivity index (χ4n) is 1.80. The zero-order valence-corrected chi connectivity index (χ0v) is 11.2. The molecule has 0 aromatic heterocycles. The molecule has 5 nitrogen and oxygen atoms in total. The van der Waals surface area contributed by atoms with Crippen molar-refractivity contribution >= 4 is 11.9 Å². The van der Waals surface area contributed by atoms with Crippen LogP contribution in [-0.2, 0) is 9.59 Å². The van der Waals surface area contributed by atoms with Crippen LogP contribution in [0.2, 0.25) is 0 Å². The van der Waals surface area contributed by atoms with Gasteiger partial charge in [0, 0.05) is 0 Å². The summed E-state index contributed by atoms with van der Waals surface area (Å²) < 4.78 is 5.28. The minimum absolute atomic E-state index is 0.235. The Hall–Kier alpha value is -2.82. The van der Waals surface area contributed by atoms with Crippen LogP contribution >= 0.6 is 0 Å². The van der Waals surface area contributed by atoms with Crippen molar-refractivity contribution in [2.75, 3.05) is 6.61 Å². The molecule has 2 aromatic carbocycles. The van der Waals surface area contributed by atoms with Crippen molar-refractivity contribution in [1.82, 2.24) is 5.32 Å². The molecule has 0 radical (unpaired) electrons. The molecule has 0 spiro atoms. The Labute approximate surface area is 122 Å². The SMILES string of the molecule is O=C(COc1ccccc1)N[C@@H](C(=O)O)c1ccccc1. The minimum atomic E-state index is -1.12. The van der Waals surface area contributed by atoms with Gasteiger partial charge in [-0.2, -0.15) is 0 Å². The number of ether oxygens (including phenoxy) is 1. The molecular formula is C16H15NO4. The van der Waals surface area contributed by atoms with Gasteiger partial charge in [-0.15, -0.1) is 0 Å². The molecular weight excluding hydrogens is 270 g/mol. The summed E-state index contributed by atoms with van der Waals surface area (Å²) in [5.41, 5.74) is 0.512. The van der Waals surface area contributed by atoms with Gasteiger partial charge in [-0.25, -0.2) is 4.79 Å². The lowest BCUT2D eigenvalue weighted by atomic mass is 10.1. The van der Waals surface area contributed by atoms with Gasteiger partial charge < -0.3 is 15.2 Å². The van der Waals surface area contributed by atoms with Crippen molar-refractivity contribution in [1.29, 1.82) is 0 Å². The van der Waals surface area contributed by atoms with Crippen molar-refractivity contribution in [2.45, 2.75) is 6.04 Å². The zero-order chi connectivity index (χ0) is 15.1. The second-order valence-electron chi connectivity index (χ2n) is 4.35. The number of carbonyl (C=O) groups excluding carboxylic acids is 1. The molecule has 2 N–H and O–H groups in total. The van der Waals surface area contributed by atoms with Crippen LogP contribution in [0.3, 0.4) is 0 Å². The van der Waals surface area contributed by atoms with Gasteiger partial charge >= 0.3 is 5.97 Å². The standard InChI is InChI=1S/C16H15NO4/c18-14(11-21-13-9-5-2-6-10-13)17-15(16(19)20)12-7-3-1-4-8-12/h1-10,15H,11H2,(H,17,18)(H,19,20)/t15-/m1/s1. The summed E-state index contributed by atoms with van der Waals surface area (Å²) in [4.78, 5) is 23.1. The lowest BCUT2D eigenvalue weighted by molar-refractivity contribution is -0.142. The van der Waals surface area contributed by atoms with Crippen LogP contribution < -0.4 is 10.1 Å². The van der Waals surface area contributed by atoms with Crippen LogP contribution in [0.1, 0.15) is 11.6 Å². The summed E-state index contributed by atoms with van der Waals surface area (Å²) >= 11 is 0. The van der Waals surface area contributed by atoms with E-state index in [4.69, 9.17) is 4.74 Å². The average molecular weight is 285 g/mol. The fraction of sp³-hybridized carbons (Fsp3) is 0.125. The number of nitrogens with one attached hydrogen (secondary N) is 1. The van der Waals surface area contributed by atoms with Gasteiger partial charge in [-0.3, -0.25) is 4.79 Å². The molecule has 2 aromatic rings. The van der Waals surface area contributed by atoms with Crippen LogP contribution in [0.4, 0.5) is 0 Å². The van der Waals surface area contributed by atoms with Gasteiger partial charge in [0.15, 0.2) is 12.6 Å². The van der Waals surface area contributed by atoms with E-state index < -0.39 is 17.9 Å². The van der Waals surface area contributed by atoms with Gasteiger partial charge in [-0.05, 0) is 17.7 Å². The van der Waals surface area contributed by atoms with Gasteiger partial charge in [-0.1, -0.05) is 48.5 Å². The first-order chi connectivity index (χ1) is 10.2. The molecule has 0 aliphatic heterocycles. The summed E-state index contributed by atoms with van der Waals surface area (Å²) in [6, 6.07) is 16.3. The quantitative estimate of drug-likeness (QED) is 0.851. The molecule has 1 atom stereocenters. The number of aliphatic carboxylic acids is 1. The van der Waals surface area contributed by atoms with Gasteiger partial charge in [0.2, 0.25) is 0 Å². The number of amides is 1. The van der Waals surface area contributed by atoms with E-state index in [2.05, 4.69) is 5.32 Å². The zero-order valence-electron chi connectivity index (χ0n) is 11.2. The highest BCUT2D eigenvalue weighted by Crippen LogP contribution is 2.13. The van der Waals surface area contributed by atoms with Crippen LogP contribution in [0.5, 0.6) is 5.75 Å². The number of carboxylic acids is 1. The second-order valence-corrected chi connectivity index (χ2v) is 4.35. The Morgan fingerprint density at radius 1 is 1.00 bits per heavy atom. The average Bonchev–Trinajstić information content (AvgIpc) is 2.52. The predicted octanol–water partition coefficient (Wildman–Crippen LogP) is 2.01. The summed E-state index contributed by atoms with van der Waals surface area (Å²) in [5, 5.41) is 11.6. The van der Waals surface area contributed by atoms with Crippen molar-refractivity contribution in [3.05, 3.63) is 66.2 Å². The largest absolute Gasteiger partial charge is 0.484 e. The maximum atomic E-state index is 11.8. The Morgan fingerprint density at radius 2 is 1.57 bits per heavy atom. The maximum absolute atomic E-state index is 11.8. The van der Waals surface area contributed by atoms with Crippen molar-refractivity contribution in [3.63, 3.8) is 0 Å². The molecule has 0 heterocycles. The van der Waals surface area contributed by atoms with Gasteiger partial charge in [0.25, 0.3) is 5.91 Å². The maximum Gasteiger partial charge on any atom is 0.330 e. The monoisotopic (exact) mass is 285 g/mol. The molecule has 0 saturated heterocycles. The Balaban J connectivity index is 1.95. The summed E-state index contributed by atoms with van der Waals surface area (Å²) in [6.07, 6.45) is 0. The number of benzene rings is 2. The molecule has 0 saturated carbocycles. The van der Waals surface area contributed by atoms with Crippen molar-refractivity contribution in [3.8, 4) is 5.75 Å². The first-order valence-electron chi connectivity index (χ1n) is 6.42. The topological polar surface area (TPSA) is 75.6 Å². The molecule has 0 aliphatic rings. The summed E-state index contributed by atoms with van der Waals surface area (Å²) in [5.74, 6) is -1.05. The van der Waals surface area contributed by atoms with E-state index in [0.29, 0.717) is 11.3 Å². The molecule has 0 unspecified atom stereocenters. The predicted molar refractivity (Wildman–Crippen MR) is 76.9 cm³/mol. The van der Waals surface area contributed by atoms with Crippen molar-refractivity contribution in [2.24, 2.45) is 0 Å². The highest BCUT2D eigenvalue weighted by atomic mass is 16.5. The molecule has 0 fully saturated rings. The highest BCUT2D eigenvalue weighted by Gasteiger charge is 2.21. The van der Waals surface area contributed by atoms with E-state index in [-0.39, 0.29) is 6.61 Å². The van der Waals surface area contributed by atoms with E-state index in [1.807, 2.05) is 6.07 Å². The number of hydrogen-bond acceptors (Lipinski definition) is 3. The number of hydrogen-bond donors (Lipinski definition) is 2. The number of carbonyl (C=O) groups is 2. The van der Waals surface area contributed by atoms with Crippen LogP contribution in [0, 0.1) is 0 Å².